The molecule has 4 heterocycles. The summed E-state index contributed by atoms with van der Waals surface area (Å²) in [6, 6.07) is 27.0. The first-order chi connectivity index (χ1) is 41.8. The fourth-order valence-electron chi connectivity index (χ4n) is 9.62. The van der Waals surface area contributed by atoms with E-state index in [2.05, 4.69) is 10.6 Å². The second kappa shape index (κ2) is 29.3. The lowest BCUT2D eigenvalue weighted by Crippen LogP contribution is -2.48. The van der Waals surface area contributed by atoms with E-state index in [0.717, 1.165) is 41.4 Å². The summed E-state index contributed by atoms with van der Waals surface area (Å²) in [5, 5.41) is 15.6. The molecule has 2 aliphatic rings. The van der Waals surface area contributed by atoms with Gasteiger partial charge in [-0.25, -0.2) is 38.4 Å². The maximum absolute atomic E-state index is 13.9. The average molecular weight is 1220 g/mol. The minimum atomic E-state index is -1.34. The summed E-state index contributed by atoms with van der Waals surface area (Å²) in [6.45, 7) is 20.9. The number of imidazole rings is 2. The monoisotopic (exact) mass is 1220 g/mol. The molecule has 2 aromatic heterocycles. The number of aromatic carboxylic acids is 1. The molecule has 0 saturated carbocycles. The Kier molecular flexibility index (Phi) is 22.0. The zero-order valence-corrected chi connectivity index (χ0v) is 51.8. The minimum absolute atomic E-state index is 0.0143. The van der Waals surface area contributed by atoms with Crippen LogP contribution in [0.4, 0.5) is 30.6 Å². The number of nitrogens with one attached hydrogen (secondary N) is 2. The van der Waals surface area contributed by atoms with E-state index in [1.54, 1.807) is 85.7 Å². The molecule has 4 aromatic carbocycles. The van der Waals surface area contributed by atoms with Gasteiger partial charge in [-0.1, -0.05) is 87.4 Å². The van der Waals surface area contributed by atoms with Crippen LogP contribution >= 0.6 is 0 Å². The van der Waals surface area contributed by atoms with E-state index in [9.17, 15) is 43.5 Å². The van der Waals surface area contributed by atoms with Gasteiger partial charge in [0.05, 0.1) is 79.1 Å². The Morgan fingerprint density at radius 3 is 1.33 bits per heavy atom. The van der Waals surface area contributed by atoms with Crippen molar-refractivity contribution in [1.82, 2.24) is 28.1 Å². The third kappa shape index (κ3) is 16.7. The number of carbonyl (C=O) groups excluding carboxylic acids is 5. The van der Waals surface area contributed by atoms with Crippen LogP contribution in [0.25, 0.3) is 11.4 Å². The number of carbonyl (C=O) groups is 6. The van der Waals surface area contributed by atoms with Gasteiger partial charge in [-0.15, -0.1) is 0 Å². The van der Waals surface area contributed by atoms with E-state index in [4.69, 9.17) is 33.2 Å². The number of unbranched alkanes of at least 4 members (excludes halogenated alkanes) is 2. The lowest BCUT2D eigenvalue weighted by molar-refractivity contribution is 0.00844. The molecule has 3 N–H and O–H groups in total. The summed E-state index contributed by atoms with van der Waals surface area (Å²) in [5.74, 6) is -1.34. The fraction of sp³-hybridized carbons (Fsp3) is 0.438. The van der Waals surface area contributed by atoms with E-state index >= 15 is 0 Å². The van der Waals surface area contributed by atoms with Gasteiger partial charge in [0.15, 0.2) is 11.4 Å². The summed E-state index contributed by atoms with van der Waals surface area (Å²) in [7, 11) is 0. The number of carboxylic acid groups (broad SMARTS) is 1. The number of anilines is 2. The summed E-state index contributed by atoms with van der Waals surface area (Å²) in [6.07, 6.45) is 0.769. The van der Waals surface area contributed by atoms with E-state index < -0.39 is 64.9 Å². The molecule has 2 unspecified atom stereocenters. The molecule has 0 bridgehead atoms. The van der Waals surface area contributed by atoms with Gasteiger partial charge in [-0.2, -0.15) is 0 Å². The summed E-state index contributed by atoms with van der Waals surface area (Å²) < 4.78 is 44.2. The Bertz CT molecular complexity index is 3580. The van der Waals surface area contributed by atoms with Crippen molar-refractivity contribution in [2.24, 2.45) is 0 Å². The predicted molar refractivity (Wildman–Crippen MR) is 327 cm³/mol. The molecule has 0 fully saturated rings. The van der Waals surface area contributed by atoms with Gasteiger partial charge in [0.2, 0.25) is 0 Å². The molecule has 4 amide bonds. The third-order valence-electron chi connectivity index (χ3n) is 13.9. The topological polar surface area (TPSA) is 272 Å². The number of amides is 4. The highest BCUT2D eigenvalue weighted by Crippen LogP contribution is 2.33. The summed E-state index contributed by atoms with van der Waals surface area (Å²) >= 11 is 0. The van der Waals surface area contributed by atoms with Gasteiger partial charge in [0.25, 0.3) is 0 Å². The van der Waals surface area contributed by atoms with Crippen molar-refractivity contribution >= 4 is 47.7 Å². The van der Waals surface area contributed by atoms with Gasteiger partial charge in [0.1, 0.15) is 35.9 Å². The van der Waals surface area contributed by atoms with Crippen molar-refractivity contribution in [3.63, 3.8) is 0 Å². The van der Waals surface area contributed by atoms with Crippen LogP contribution in [0.1, 0.15) is 145 Å². The van der Waals surface area contributed by atoms with E-state index in [1.165, 1.54) is 29.6 Å². The van der Waals surface area contributed by atoms with Crippen molar-refractivity contribution in [3.8, 4) is 22.9 Å². The first kappa shape index (κ1) is 66.1. The highest BCUT2D eigenvalue weighted by molar-refractivity contribution is 5.92. The molecule has 2 aliphatic heterocycles. The largest absolute Gasteiger partial charge is 0.491 e. The number of ether oxygens (including phenoxy) is 7. The molecule has 0 saturated heterocycles. The van der Waals surface area contributed by atoms with Crippen LogP contribution in [-0.2, 0) is 63.1 Å². The smallest absolute Gasteiger partial charge is 0.412 e. The van der Waals surface area contributed by atoms with Crippen LogP contribution in [0.15, 0.2) is 107 Å². The van der Waals surface area contributed by atoms with Crippen molar-refractivity contribution < 1.29 is 67.0 Å². The minimum Gasteiger partial charge on any atom is -0.491 e. The average Bonchev–Trinajstić information content (AvgIpc) is 1.65. The van der Waals surface area contributed by atoms with Crippen LogP contribution in [0.3, 0.4) is 0 Å². The number of carboxylic acids is 1. The number of rotatable bonds is 19. The Morgan fingerprint density at radius 2 is 0.955 bits per heavy atom. The Hall–Kier alpha value is -9.48. The maximum atomic E-state index is 13.9. The molecule has 6 aromatic rings. The van der Waals surface area contributed by atoms with Gasteiger partial charge in [0, 0.05) is 13.1 Å². The zero-order chi connectivity index (χ0) is 64.0. The van der Waals surface area contributed by atoms with Gasteiger partial charge in [-0.05, 0) is 123 Å². The highest BCUT2D eigenvalue weighted by Gasteiger charge is 2.39. The highest BCUT2D eigenvalue weighted by atomic mass is 16.6. The molecule has 24 nitrogen and oxygen atoms in total. The Labute approximate surface area is 510 Å². The second-order valence-corrected chi connectivity index (χ2v) is 23.1. The van der Waals surface area contributed by atoms with Crippen molar-refractivity contribution in [2.75, 3.05) is 30.5 Å². The molecular weight excluding hydrogens is 1140 g/mol. The Morgan fingerprint density at radius 1 is 0.557 bits per heavy atom. The second-order valence-electron chi connectivity index (χ2n) is 23.1. The molecular formula is C64H80N8O16. The third-order valence-corrected chi connectivity index (χ3v) is 13.9. The standard InChI is InChI=1S/C33H42N4O8.C31H38N4O8/c1-7-9-17-43-27-16-15-24(18-25(27)34-30(39)44-21-23-13-11-10-12-14-23)37-28(29(38)42-8-2)26-20-35(32(41)45-33(4,5)6)22(3)19-36(26)31(37)40;1-6-7-15-41-25-14-13-22(16-23(25)32-28(38)42-19-21-11-9-8-10-12-21)35-26(27(36)37)24-18-33(30(40)43-31(3,4)5)20(2)17-34(24)29(35)39/h10-16,18,22H,7-9,17,19-21H2,1-6H3,(H,34,39);8-14,16,20H,6-7,15,17-19H2,1-5H3,(H,32,38)(H,36,37). The lowest BCUT2D eigenvalue weighted by atomic mass is 10.1. The number of fused-ring (bicyclic) bond motifs is 2. The fourth-order valence-corrected chi connectivity index (χ4v) is 9.62. The molecule has 88 heavy (non-hydrogen) atoms. The number of esters is 1. The van der Waals surface area contributed by atoms with E-state index in [1.807, 2.05) is 81.4 Å². The molecule has 472 valence electrons. The van der Waals surface area contributed by atoms with Gasteiger partial charge < -0.3 is 38.3 Å². The summed E-state index contributed by atoms with van der Waals surface area (Å²) in [5.41, 5.74) is 0.229. The van der Waals surface area contributed by atoms with Gasteiger partial charge in [-0.3, -0.25) is 38.7 Å². The summed E-state index contributed by atoms with van der Waals surface area (Å²) in [4.78, 5) is 108. The molecule has 0 aliphatic carbocycles. The Balaban J connectivity index is 0.000000251. The van der Waals surface area contributed by atoms with Crippen LogP contribution in [0.2, 0.25) is 0 Å². The van der Waals surface area contributed by atoms with Crippen molar-refractivity contribution in [2.45, 2.75) is 165 Å². The SMILES string of the molecule is CCCCOc1ccc(-n2c(C(=O)O)c3n(c2=O)CC(C)N(C(=O)OC(C)(C)C)C3)cc1NC(=O)OCc1ccccc1.CCCCOc1ccc(-n2c(C(=O)OCC)c3n(c2=O)CC(C)N(C(=O)OC(C)(C)C)C3)cc1NC(=O)OCc1ccccc1. The van der Waals surface area contributed by atoms with E-state index in [-0.39, 0.29) is 86.2 Å². The quantitative estimate of drug-likeness (QED) is 0.0386. The molecule has 0 radical (unpaired) electrons. The van der Waals surface area contributed by atoms with Crippen LogP contribution in [0, 0.1) is 0 Å². The first-order valence-electron chi connectivity index (χ1n) is 29.4. The van der Waals surface area contributed by atoms with Crippen LogP contribution in [-0.4, -0.2) is 113 Å². The zero-order valence-electron chi connectivity index (χ0n) is 51.8. The maximum Gasteiger partial charge on any atom is 0.412 e. The lowest BCUT2D eigenvalue weighted by Gasteiger charge is -2.35. The predicted octanol–water partition coefficient (Wildman–Crippen LogP) is 11.3. The molecule has 0 spiro atoms. The van der Waals surface area contributed by atoms with E-state index in [0.29, 0.717) is 36.1 Å². The molecule has 2 atom stereocenters. The van der Waals surface area contributed by atoms with Crippen LogP contribution < -0.4 is 31.5 Å². The number of hydrogen-bond donors (Lipinski definition) is 3. The number of hydrogen-bond acceptors (Lipinski definition) is 15. The number of benzene rings is 4. The molecule has 8 rings (SSSR count). The molecule has 24 heteroatoms. The van der Waals surface area contributed by atoms with Crippen molar-refractivity contribution in [3.05, 3.63) is 152 Å². The number of aromatic nitrogens is 4. The number of nitrogens with zero attached hydrogens (tertiary/aromatic N) is 6. The van der Waals surface area contributed by atoms with Crippen molar-refractivity contribution in [1.29, 1.82) is 0 Å². The normalized spacial score (nSPS) is 14.4. The first-order valence-corrected chi connectivity index (χ1v) is 29.4. The van der Waals surface area contributed by atoms with Gasteiger partial charge >= 0.3 is 47.7 Å². The van der Waals surface area contributed by atoms with Crippen LogP contribution in [0.5, 0.6) is 11.5 Å².